The minimum Gasteiger partial charge on any atom is -0.478 e. The average Bonchev–Trinajstić information content (AvgIpc) is 2.38. The van der Waals surface area contributed by atoms with Gasteiger partial charge < -0.3 is 15.2 Å². The van der Waals surface area contributed by atoms with E-state index in [1.165, 1.54) is 12.1 Å². The Labute approximate surface area is 112 Å². The first kappa shape index (κ1) is 15.2. The van der Waals surface area contributed by atoms with Gasteiger partial charge in [-0.25, -0.2) is 4.79 Å². The third-order valence-corrected chi connectivity index (χ3v) is 3.03. The van der Waals surface area contributed by atoms with Crippen molar-refractivity contribution in [1.29, 1.82) is 0 Å². The van der Waals surface area contributed by atoms with E-state index < -0.39 is 5.97 Å². The van der Waals surface area contributed by atoms with Gasteiger partial charge in [0, 0.05) is 7.11 Å². The van der Waals surface area contributed by atoms with Crippen LogP contribution in [0.4, 0.5) is 0 Å². The predicted octanol–water partition coefficient (Wildman–Crippen LogP) is 1.47. The third-order valence-electron chi connectivity index (χ3n) is 3.03. The maximum absolute atomic E-state index is 11.8. The number of nitrogens with one attached hydrogen (secondary N) is 1. The Bertz CT molecular complexity index is 441. The van der Waals surface area contributed by atoms with E-state index in [4.69, 9.17) is 9.84 Å². The van der Waals surface area contributed by atoms with Gasteiger partial charge in [0.25, 0.3) is 0 Å². The first-order valence-electron chi connectivity index (χ1n) is 6.08. The summed E-state index contributed by atoms with van der Waals surface area (Å²) in [6.07, 6.45) is 0.166. The van der Waals surface area contributed by atoms with Crippen molar-refractivity contribution in [2.45, 2.75) is 32.4 Å². The summed E-state index contributed by atoms with van der Waals surface area (Å²) in [5, 5.41) is 11.6. The molecule has 0 saturated heterocycles. The molecule has 0 aromatic heterocycles. The summed E-state index contributed by atoms with van der Waals surface area (Å²) < 4.78 is 5.13. The lowest BCUT2D eigenvalue weighted by atomic mass is 10.1. The van der Waals surface area contributed by atoms with Crippen LogP contribution >= 0.6 is 0 Å². The number of amides is 1. The first-order valence-corrected chi connectivity index (χ1v) is 6.08. The Morgan fingerprint density at radius 1 is 1.26 bits per heavy atom. The van der Waals surface area contributed by atoms with E-state index in [1.54, 1.807) is 19.2 Å². The van der Waals surface area contributed by atoms with Gasteiger partial charge in [0.05, 0.1) is 24.1 Å². The summed E-state index contributed by atoms with van der Waals surface area (Å²) in [6, 6.07) is 6.20. The van der Waals surface area contributed by atoms with Crippen LogP contribution in [0.25, 0.3) is 0 Å². The number of carbonyl (C=O) groups is 2. The summed E-state index contributed by atoms with van der Waals surface area (Å²) in [5.74, 6) is -1.09. The molecule has 0 radical (unpaired) electrons. The van der Waals surface area contributed by atoms with Gasteiger partial charge in [-0.3, -0.25) is 4.79 Å². The Kier molecular flexibility index (Phi) is 5.51. The molecule has 1 aromatic carbocycles. The fourth-order valence-corrected chi connectivity index (χ4v) is 1.58. The average molecular weight is 265 g/mol. The lowest BCUT2D eigenvalue weighted by molar-refractivity contribution is -0.121. The molecule has 2 N–H and O–H groups in total. The van der Waals surface area contributed by atoms with Crippen LogP contribution in [0, 0.1) is 0 Å². The highest BCUT2D eigenvalue weighted by atomic mass is 16.5. The van der Waals surface area contributed by atoms with Crippen molar-refractivity contribution in [1.82, 2.24) is 5.32 Å². The highest BCUT2D eigenvalue weighted by Crippen LogP contribution is 2.06. The number of rotatable bonds is 6. The van der Waals surface area contributed by atoms with Crippen LogP contribution in [0.2, 0.25) is 0 Å². The molecule has 1 rings (SSSR count). The third kappa shape index (κ3) is 4.71. The van der Waals surface area contributed by atoms with Crippen LogP contribution in [0.15, 0.2) is 24.3 Å². The lowest BCUT2D eigenvalue weighted by Crippen LogP contribution is -2.41. The van der Waals surface area contributed by atoms with Gasteiger partial charge in [0.1, 0.15) is 0 Å². The van der Waals surface area contributed by atoms with Crippen molar-refractivity contribution in [3.8, 4) is 0 Å². The van der Waals surface area contributed by atoms with Crippen LogP contribution in [0.5, 0.6) is 0 Å². The molecule has 1 unspecified atom stereocenters. The van der Waals surface area contributed by atoms with Gasteiger partial charge in [-0.1, -0.05) is 12.1 Å². The normalized spacial score (nSPS) is 13.6. The minimum atomic E-state index is -0.974. The standard InChI is InChI=1S/C14H19NO4/c1-9(10(2)19-3)15-13(16)8-11-4-6-12(7-5-11)14(17)18/h4-7,9-10H,8H2,1-3H3,(H,15,16)(H,17,18)/t9-,10?/m0/s1. The van der Waals surface area contributed by atoms with E-state index in [1.807, 2.05) is 13.8 Å². The zero-order chi connectivity index (χ0) is 14.4. The second-order valence-corrected chi connectivity index (χ2v) is 4.48. The molecule has 2 atom stereocenters. The smallest absolute Gasteiger partial charge is 0.335 e. The van der Waals surface area contributed by atoms with Crippen molar-refractivity contribution in [2.24, 2.45) is 0 Å². The Morgan fingerprint density at radius 2 is 1.84 bits per heavy atom. The second kappa shape index (κ2) is 6.89. The van der Waals surface area contributed by atoms with Gasteiger partial charge in [0.15, 0.2) is 0 Å². The molecule has 0 saturated carbocycles. The number of carboxylic acids is 1. The molecule has 19 heavy (non-hydrogen) atoms. The molecule has 5 heteroatoms. The number of benzene rings is 1. The van der Waals surface area contributed by atoms with Gasteiger partial charge in [-0.15, -0.1) is 0 Å². The van der Waals surface area contributed by atoms with Gasteiger partial charge in [-0.2, -0.15) is 0 Å². The van der Waals surface area contributed by atoms with Crippen molar-refractivity contribution in [2.75, 3.05) is 7.11 Å². The highest BCUT2D eigenvalue weighted by molar-refractivity contribution is 5.87. The number of ether oxygens (including phenoxy) is 1. The van der Waals surface area contributed by atoms with E-state index in [9.17, 15) is 9.59 Å². The summed E-state index contributed by atoms with van der Waals surface area (Å²) in [4.78, 5) is 22.5. The van der Waals surface area contributed by atoms with Crippen LogP contribution in [0.3, 0.4) is 0 Å². The van der Waals surface area contributed by atoms with E-state index >= 15 is 0 Å². The van der Waals surface area contributed by atoms with E-state index in [2.05, 4.69) is 5.32 Å². The zero-order valence-electron chi connectivity index (χ0n) is 11.3. The monoisotopic (exact) mass is 265 g/mol. The summed E-state index contributed by atoms with van der Waals surface area (Å²) in [5.41, 5.74) is 0.991. The number of carboxylic acid groups (broad SMARTS) is 1. The second-order valence-electron chi connectivity index (χ2n) is 4.48. The van der Waals surface area contributed by atoms with Crippen molar-refractivity contribution in [3.05, 3.63) is 35.4 Å². The van der Waals surface area contributed by atoms with E-state index in [-0.39, 0.29) is 30.0 Å². The number of hydrogen-bond donors (Lipinski definition) is 2. The molecule has 0 aliphatic carbocycles. The molecule has 104 valence electrons. The Balaban J connectivity index is 2.55. The molecule has 0 aliphatic heterocycles. The fourth-order valence-electron chi connectivity index (χ4n) is 1.58. The highest BCUT2D eigenvalue weighted by Gasteiger charge is 2.14. The Hall–Kier alpha value is -1.88. The van der Waals surface area contributed by atoms with Gasteiger partial charge in [0.2, 0.25) is 5.91 Å². The maximum atomic E-state index is 11.8. The van der Waals surface area contributed by atoms with E-state index in [0.717, 1.165) is 5.56 Å². The first-order chi connectivity index (χ1) is 8.93. The molecule has 5 nitrogen and oxygen atoms in total. The largest absolute Gasteiger partial charge is 0.478 e. The molecule has 0 fully saturated rings. The molecule has 1 aromatic rings. The lowest BCUT2D eigenvalue weighted by Gasteiger charge is -2.19. The molecule has 0 heterocycles. The van der Waals surface area contributed by atoms with E-state index in [0.29, 0.717) is 0 Å². The SMILES string of the molecule is COC(C)[C@H](C)NC(=O)Cc1ccc(C(=O)O)cc1. The summed E-state index contributed by atoms with van der Waals surface area (Å²) in [7, 11) is 1.60. The molecule has 0 bridgehead atoms. The van der Waals surface area contributed by atoms with Crippen molar-refractivity contribution in [3.63, 3.8) is 0 Å². The van der Waals surface area contributed by atoms with Gasteiger partial charge in [-0.05, 0) is 31.5 Å². The minimum absolute atomic E-state index is 0.0571. The number of methoxy groups -OCH3 is 1. The topological polar surface area (TPSA) is 75.6 Å². The molecule has 0 spiro atoms. The number of carbonyl (C=O) groups excluding carboxylic acids is 1. The fraction of sp³-hybridized carbons (Fsp3) is 0.429. The van der Waals surface area contributed by atoms with Crippen LogP contribution in [-0.2, 0) is 16.0 Å². The zero-order valence-corrected chi connectivity index (χ0v) is 11.3. The molecular formula is C14H19NO4. The summed E-state index contributed by atoms with van der Waals surface area (Å²) >= 11 is 0. The quantitative estimate of drug-likeness (QED) is 0.816. The van der Waals surface area contributed by atoms with Crippen molar-refractivity contribution >= 4 is 11.9 Å². The van der Waals surface area contributed by atoms with Crippen molar-refractivity contribution < 1.29 is 19.4 Å². The Morgan fingerprint density at radius 3 is 2.32 bits per heavy atom. The molecule has 0 aliphatic rings. The van der Waals surface area contributed by atoms with Crippen LogP contribution in [0.1, 0.15) is 29.8 Å². The van der Waals surface area contributed by atoms with Crippen LogP contribution < -0.4 is 5.32 Å². The summed E-state index contributed by atoms with van der Waals surface area (Å²) in [6.45, 7) is 3.76. The predicted molar refractivity (Wildman–Crippen MR) is 71.2 cm³/mol. The van der Waals surface area contributed by atoms with Crippen LogP contribution in [-0.4, -0.2) is 36.2 Å². The number of aromatic carboxylic acids is 1. The maximum Gasteiger partial charge on any atom is 0.335 e. The number of hydrogen-bond acceptors (Lipinski definition) is 3. The molecular weight excluding hydrogens is 246 g/mol. The molecule has 1 amide bonds. The van der Waals surface area contributed by atoms with Gasteiger partial charge >= 0.3 is 5.97 Å².